The molecule has 1 saturated heterocycles. The van der Waals surface area contributed by atoms with Crippen molar-refractivity contribution < 1.29 is 31.8 Å². The van der Waals surface area contributed by atoms with Gasteiger partial charge in [-0.1, -0.05) is 23.9 Å². The van der Waals surface area contributed by atoms with Crippen molar-refractivity contribution in [1.29, 1.82) is 0 Å². The molecule has 0 radical (unpaired) electrons. The van der Waals surface area contributed by atoms with Gasteiger partial charge in [0.15, 0.2) is 16.8 Å². The molecule has 2 heterocycles. The first-order valence-corrected chi connectivity index (χ1v) is 11.9. The van der Waals surface area contributed by atoms with Crippen molar-refractivity contribution in [2.24, 2.45) is 0 Å². The number of anilines is 1. The number of ether oxygens (including phenoxy) is 1. The number of methoxy groups -OCH3 is 1. The molecule has 2 aromatic rings. The predicted molar refractivity (Wildman–Crippen MR) is 113 cm³/mol. The molecule has 1 fully saturated rings. The van der Waals surface area contributed by atoms with E-state index in [0.29, 0.717) is 6.42 Å². The molecule has 3 rings (SSSR count). The van der Waals surface area contributed by atoms with Crippen LogP contribution in [-0.2, 0) is 16.0 Å². The quantitative estimate of drug-likeness (QED) is 0.449. The third kappa shape index (κ3) is 5.95. The van der Waals surface area contributed by atoms with Crippen molar-refractivity contribution in [2.45, 2.75) is 17.3 Å². The molecule has 0 saturated carbocycles. The van der Waals surface area contributed by atoms with Gasteiger partial charge in [0.1, 0.15) is 5.82 Å². The van der Waals surface area contributed by atoms with Crippen molar-refractivity contribution in [3.63, 3.8) is 0 Å². The smallest absolute Gasteiger partial charge is 0.407 e. The summed E-state index contributed by atoms with van der Waals surface area (Å²) in [4.78, 5) is 20.5. The Morgan fingerprint density at radius 1 is 1.25 bits per heavy atom. The maximum absolute atomic E-state index is 13.9. The molecule has 1 aliphatic heterocycles. The van der Waals surface area contributed by atoms with Gasteiger partial charge < -0.3 is 14.7 Å². The maximum Gasteiger partial charge on any atom is 0.407 e. The number of hydrogen-bond acceptors (Lipinski definition) is 7. The molecule has 1 aliphatic rings. The van der Waals surface area contributed by atoms with E-state index in [2.05, 4.69) is 14.7 Å². The van der Waals surface area contributed by atoms with Crippen LogP contribution in [0.5, 0.6) is 5.88 Å². The van der Waals surface area contributed by atoms with Gasteiger partial charge in [-0.05, 0) is 12.5 Å². The Morgan fingerprint density at radius 3 is 2.75 bits per heavy atom. The van der Waals surface area contributed by atoms with E-state index < -0.39 is 27.9 Å². The predicted octanol–water partition coefficient (Wildman–Crippen LogP) is 2.40. The number of hydrogen-bond donors (Lipinski definition) is 2. The van der Waals surface area contributed by atoms with Crippen LogP contribution in [0.1, 0.15) is 12.0 Å². The van der Waals surface area contributed by atoms with Gasteiger partial charge in [0.05, 0.1) is 7.11 Å². The Balaban J connectivity index is 1.74. The summed E-state index contributed by atoms with van der Waals surface area (Å²) in [6, 6.07) is 5.10. The minimum absolute atomic E-state index is 0.00962. The monoisotopic (exact) mass is 489 g/mol. The van der Waals surface area contributed by atoms with E-state index in [1.54, 1.807) is 0 Å². The first-order valence-electron chi connectivity index (χ1n) is 9.44. The van der Waals surface area contributed by atoms with Crippen molar-refractivity contribution in [3.8, 4) is 5.88 Å². The third-order valence-electron chi connectivity index (χ3n) is 4.58. The highest BCUT2D eigenvalue weighted by Crippen LogP contribution is 2.26. The van der Waals surface area contributed by atoms with Gasteiger partial charge in [-0.3, -0.25) is 4.72 Å². The van der Waals surface area contributed by atoms with Gasteiger partial charge >= 0.3 is 16.3 Å². The van der Waals surface area contributed by atoms with Crippen LogP contribution in [0.3, 0.4) is 0 Å². The summed E-state index contributed by atoms with van der Waals surface area (Å²) in [5, 5.41) is 9.20. The second kappa shape index (κ2) is 10.3. The number of aromatic nitrogens is 2. The molecule has 10 nitrogen and oxygen atoms in total. The first kappa shape index (κ1) is 23.9. The Labute approximate surface area is 187 Å². The summed E-state index contributed by atoms with van der Waals surface area (Å²) in [5.41, 5.74) is 0.108. The van der Waals surface area contributed by atoms with E-state index in [1.807, 2.05) is 0 Å². The van der Waals surface area contributed by atoms with Crippen molar-refractivity contribution in [2.75, 3.05) is 38.0 Å². The molecule has 0 unspecified atom stereocenters. The lowest BCUT2D eigenvalue weighted by atomic mass is 10.2. The molecule has 2 N–H and O–H groups in total. The molecule has 0 bridgehead atoms. The highest BCUT2D eigenvalue weighted by Gasteiger charge is 2.27. The van der Waals surface area contributed by atoms with E-state index >= 15 is 0 Å². The normalized spacial score (nSPS) is 15.3. The van der Waals surface area contributed by atoms with Gasteiger partial charge in [-0.15, -0.1) is 0 Å². The fourth-order valence-electron chi connectivity index (χ4n) is 2.95. The maximum atomic E-state index is 13.9. The lowest BCUT2D eigenvalue weighted by molar-refractivity contribution is 0.147. The number of benzene rings is 1. The Bertz CT molecular complexity index is 1090. The van der Waals surface area contributed by atoms with Crippen LogP contribution in [0, 0.1) is 11.6 Å². The minimum atomic E-state index is -4.03. The number of halogens is 2. The van der Waals surface area contributed by atoms with Crippen molar-refractivity contribution >= 4 is 33.9 Å². The van der Waals surface area contributed by atoms with E-state index in [4.69, 9.17) is 9.84 Å². The summed E-state index contributed by atoms with van der Waals surface area (Å²) in [6.45, 7) is 0.413. The lowest BCUT2D eigenvalue weighted by Gasteiger charge is -2.21. The molecule has 0 atom stereocenters. The van der Waals surface area contributed by atoms with Crippen LogP contribution in [0.25, 0.3) is 0 Å². The minimum Gasteiger partial charge on any atom is -0.481 e. The second-order valence-corrected chi connectivity index (χ2v) is 9.32. The number of nitrogens with zero attached hydrogens (tertiary/aromatic N) is 4. The molecule has 0 aliphatic carbocycles. The fraction of sp³-hybridized carbons (Fsp3) is 0.389. The fourth-order valence-corrected chi connectivity index (χ4v) is 4.96. The second-order valence-electron chi connectivity index (χ2n) is 6.71. The molecule has 14 heteroatoms. The van der Waals surface area contributed by atoms with Gasteiger partial charge in [0, 0.05) is 43.6 Å². The number of rotatable bonds is 7. The molecule has 1 amide bonds. The molecular weight excluding hydrogens is 468 g/mol. The molecule has 174 valence electrons. The molecule has 0 spiro atoms. The van der Waals surface area contributed by atoms with Crippen LogP contribution in [0.4, 0.5) is 19.4 Å². The summed E-state index contributed by atoms with van der Waals surface area (Å²) in [5.74, 6) is -1.92. The Morgan fingerprint density at radius 2 is 2.03 bits per heavy atom. The van der Waals surface area contributed by atoms with E-state index in [-0.39, 0.29) is 54.3 Å². The highest BCUT2D eigenvalue weighted by molar-refractivity contribution is 7.98. The van der Waals surface area contributed by atoms with Crippen molar-refractivity contribution in [3.05, 3.63) is 41.5 Å². The summed E-state index contributed by atoms with van der Waals surface area (Å²) >= 11 is 0.979. The number of carbonyl (C=O) groups is 1. The SMILES string of the molecule is COc1cc(NS(=O)(=O)N2CCCN(C(=O)O)CC2)nc(SCc2cccc(F)c2F)n1. The lowest BCUT2D eigenvalue weighted by Crippen LogP contribution is -2.39. The van der Waals surface area contributed by atoms with E-state index in [9.17, 15) is 22.0 Å². The summed E-state index contributed by atoms with van der Waals surface area (Å²) in [7, 11) is -2.69. The summed E-state index contributed by atoms with van der Waals surface area (Å²) < 4.78 is 61.5. The average Bonchev–Trinajstić information content (AvgIpc) is 3.01. The van der Waals surface area contributed by atoms with Crippen molar-refractivity contribution in [1.82, 2.24) is 19.2 Å². The van der Waals surface area contributed by atoms with Crippen LogP contribution >= 0.6 is 11.8 Å². The van der Waals surface area contributed by atoms with Crippen LogP contribution in [0.2, 0.25) is 0 Å². The Hall–Kier alpha value is -2.71. The van der Waals surface area contributed by atoms with Gasteiger partial charge in [0.25, 0.3) is 0 Å². The van der Waals surface area contributed by atoms with Gasteiger partial charge in [-0.25, -0.2) is 18.6 Å². The highest BCUT2D eigenvalue weighted by atomic mass is 32.2. The number of amides is 1. The Kier molecular flexibility index (Phi) is 7.69. The zero-order chi connectivity index (χ0) is 23.3. The van der Waals surface area contributed by atoms with E-state index in [0.717, 1.165) is 27.0 Å². The zero-order valence-electron chi connectivity index (χ0n) is 17.0. The van der Waals surface area contributed by atoms with Crippen LogP contribution < -0.4 is 9.46 Å². The first-order chi connectivity index (χ1) is 15.2. The van der Waals surface area contributed by atoms with Gasteiger partial charge in [0.2, 0.25) is 5.88 Å². The number of nitrogens with one attached hydrogen (secondary N) is 1. The third-order valence-corrected chi connectivity index (χ3v) is 6.99. The summed E-state index contributed by atoms with van der Waals surface area (Å²) in [6.07, 6.45) is -0.755. The molecular formula is C18H21F2N5O5S2. The average molecular weight is 490 g/mol. The standard InChI is InChI=1S/C18H21F2N5O5S2/c1-30-15-10-14(21-17(22-15)31-11-12-4-2-5-13(19)16(12)20)23-32(28,29)25-7-3-6-24(8-9-25)18(26)27/h2,4-5,10H,3,6-9,11H2,1H3,(H,26,27)(H,21,22,23). The molecule has 32 heavy (non-hydrogen) atoms. The number of thioether (sulfide) groups is 1. The zero-order valence-corrected chi connectivity index (χ0v) is 18.6. The molecule has 1 aromatic carbocycles. The number of carboxylic acid groups (broad SMARTS) is 1. The van der Waals surface area contributed by atoms with Crippen LogP contribution in [-0.4, -0.2) is 72.1 Å². The molecule has 1 aromatic heterocycles. The van der Waals surface area contributed by atoms with Gasteiger partial charge in [-0.2, -0.15) is 17.7 Å². The largest absolute Gasteiger partial charge is 0.481 e. The van der Waals surface area contributed by atoms with Crippen LogP contribution in [0.15, 0.2) is 29.4 Å². The van der Waals surface area contributed by atoms with E-state index in [1.165, 1.54) is 25.3 Å². The topological polar surface area (TPSA) is 125 Å².